The van der Waals surface area contributed by atoms with Gasteiger partial charge >= 0.3 is 13.7 Å². The second kappa shape index (κ2) is 12.4. The molecule has 4 rings (SSSR count). The number of halogens is 1. The van der Waals surface area contributed by atoms with Gasteiger partial charge in [0.25, 0.3) is 0 Å². The van der Waals surface area contributed by atoms with E-state index < -0.39 is 63.5 Å². The summed E-state index contributed by atoms with van der Waals surface area (Å²) in [7, 11) is -2.60. The van der Waals surface area contributed by atoms with Crippen LogP contribution >= 0.6 is 7.75 Å². The highest BCUT2D eigenvalue weighted by atomic mass is 31.2. The number of anilines is 2. The minimum Gasteiger partial charge on any atom is -0.462 e. The molecule has 1 aliphatic heterocycles. The number of alkyl halides is 1. The Hall–Kier alpha value is -3.36. The van der Waals surface area contributed by atoms with Crippen molar-refractivity contribution < 1.29 is 37.4 Å². The number of nitrogens with one attached hydrogen (secondary N) is 2. The van der Waals surface area contributed by atoms with E-state index in [-0.39, 0.29) is 17.3 Å². The molecule has 5 N–H and O–H groups in total. The Morgan fingerprint density at radius 1 is 1.27 bits per heavy atom. The molecule has 1 fully saturated rings. The van der Waals surface area contributed by atoms with Gasteiger partial charge in [-0.25, -0.2) is 9.55 Å². The van der Waals surface area contributed by atoms with Crippen molar-refractivity contribution in [3.63, 3.8) is 0 Å². The van der Waals surface area contributed by atoms with E-state index in [0.717, 1.165) is 0 Å². The molecule has 14 nitrogen and oxygen atoms in total. The zero-order valence-corrected chi connectivity index (χ0v) is 23.3. The molecule has 0 aliphatic carbocycles. The number of nitrogens with two attached hydrogens (primary N) is 1. The van der Waals surface area contributed by atoms with E-state index in [1.54, 1.807) is 51.2 Å². The minimum absolute atomic E-state index is 0.0379. The number of aliphatic hydroxyl groups excluding tert-OH is 1. The van der Waals surface area contributed by atoms with Gasteiger partial charge in [-0.2, -0.15) is 15.1 Å². The first kappa shape index (κ1) is 29.6. The number of aliphatic hydroxyl groups is 1. The van der Waals surface area contributed by atoms with Crippen LogP contribution in [0.5, 0.6) is 5.75 Å². The number of carbonyl (C=O) groups excluding carboxylic acids is 1. The minimum atomic E-state index is -4.24. The summed E-state index contributed by atoms with van der Waals surface area (Å²) in [4.78, 5) is 24.9. The third kappa shape index (κ3) is 6.50. The van der Waals surface area contributed by atoms with Gasteiger partial charge in [0.2, 0.25) is 5.95 Å². The van der Waals surface area contributed by atoms with E-state index in [2.05, 4.69) is 25.4 Å². The molecule has 16 heteroatoms. The zero-order valence-electron chi connectivity index (χ0n) is 22.4. The predicted octanol–water partition coefficient (Wildman–Crippen LogP) is 2.43. The zero-order chi connectivity index (χ0) is 29.0. The number of imidazole rings is 1. The molecule has 1 aliphatic rings. The van der Waals surface area contributed by atoms with Crippen molar-refractivity contribution in [2.24, 2.45) is 5.92 Å². The molecule has 0 spiro atoms. The summed E-state index contributed by atoms with van der Waals surface area (Å²) < 4.78 is 51.8. The summed E-state index contributed by atoms with van der Waals surface area (Å²) in [5.41, 5.74) is 6.47. The molecule has 0 radical (unpaired) electrons. The number of aromatic nitrogens is 4. The number of rotatable bonds is 12. The molecule has 40 heavy (non-hydrogen) atoms. The second-order valence-electron chi connectivity index (χ2n) is 9.41. The maximum atomic E-state index is 14.2. The lowest BCUT2D eigenvalue weighted by atomic mass is 10.0. The summed E-state index contributed by atoms with van der Waals surface area (Å²) >= 11 is 0. The van der Waals surface area contributed by atoms with Crippen LogP contribution in [-0.2, 0) is 23.4 Å². The Kier molecular flexibility index (Phi) is 9.21. The molecule has 6 atom stereocenters. The maximum Gasteiger partial charge on any atom is 0.459 e. The van der Waals surface area contributed by atoms with Crippen molar-refractivity contribution in [2.75, 3.05) is 31.4 Å². The molecule has 0 bridgehead atoms. The van der Waals surface area contributed by atoms with Crippen LogP contribution in [-0.4, -0.2) is 75.3 Å². The molecule has 1 aromatic carbocycles. The summed E-state index contributed by atoms with van der Waals surface area (Å²) in [5.74, 6) is -1.17. The molecule has 0 amide bonds. The van der Waals surface area contributed by atoms with E-state index in [1.807, 2.05) is 0 Å². The van der Waals surface area contributed by atoms with Crippen molar-refractivity contribution >= 4 is 36.6 Å². The van der Waals surface area contributed by atoms with Gasteiger partial charge in [-0.3, -0.25) is 18.3 Å². The van der Waals surface area contributed by atoms with Crippen molar-refractivity contribution in [3.05, 3.63) is 36.7 Å². The number of benzene rings is 1. The number of carbonyl (C=O) groups is 1. The van der Waals surface area contributed by atoms with Gasteiger partial charge in [0.05, 0.1) is 37.7 Å². The summed E-state index contributed by atoms with van der Waals surface area (Å²) in [6, 6.07) is 7.13. The molecule has 218 valence electrons. The Bertz CT molecular complexity index is 1360. The summed E-state index contributed by atoms with van der Waals surface area (Å²) in [6.07, 6.45) is -2.54. The number of fused-ring (bicyclic) bond motifs is 1. The van der Waals surface area contributed by atoms with Crippen molar-refractivity contribution in [2.45, 2.75) is 51.4 Å². The number of nitrogen functional groups attached to an aromatic ring is 1. The molecule has 3 heterocycles. The average Bonchev–Trinajstić information content (AvgIpc) is 3.47. The van der Waals surface area contributed by atoms with Gasteiger partial charge in [0, 0.05) is 7.05 Å². The molecular formula is C24H33FN7O7P. The second-order valence-corrected chi connectivity index (χ2v) is 11.1. The number of hydrogen-bond donors (Lipinski definition) is 4. The Balaban J connectivity index is 1.55. The van der Waals surface area contributed by atoms with Gasteiger partial charge in [-0.1, -0.05) is 18.2 Å². The molecule has 2 aromatic heterocycles. The van der Waals surface area contributed by atoms with E-state index in [0.29, 0.717) is 11.3 Å². The number of hydrogen-bond acceptors (Lipinski definition) is 12. The fourth-order valence-corrected chi connectivity index (χ4v) is 5.68. The topological polar surface area (TPSA) is 185 Å². The normalized spacial score (nSPS) is 23.2. The molecular weight excluding hydrogens is 548 g/mol. The van der Waals surface area contributed by atoms with E-state index in [1.165, 1.54) is 17.8 Å². The summed E-state index contributed by atoms with van der Waals surface area (Å²) in [6.45, 7) is 3.39. The van der Waals surface area contributed by atoms with Crippen molar-refractivity contribution in [1.82, 2.24) is 24.6 Å². The van der Waals surface area contributed by atoms with Gasteiger partial charge < -0.3 is 30.2 Å². The molecule has 1 saturated heterocycles. The van der Waals surface area contributed by atoms with Crippen LogP contribution in [0.15, 0.2) is 36.7 Å². The van der Waals surface area contributed by atoms with Gasteiger partial charge in [-0.05, 0) is 32.9 Å². The monoisotopic (exact) mass is 581 g/mol. The highest BCUT2D eigenvalue weighted by Crippen LogP contribution is 2.46. The maximum absolute atomic E-state index is 14.2. The van der Waals surface area contributed by atoms with Gasteiger partial charge in [0.1, 0.15) is 24.1 Å². The lowest BCUT2D eigenvalue weighted by molar-refractivity contribution is -0.149. The summed E-state index contributed by atoms with van der Waals surface area (Å²) in [5, 5.41) is 16.4. The predicted molar refractivity (Wildman–Crippen MR) is 143 cm³/mol. The van der Waals surface area contributed by atoms with Crippen molar-refractivity contribution in [3.8, 4) is 5.75 Å². The Morgan fingerprint density at radius 3 is 2.65 bits per heavy atom. The smallest absolute Gasteiger partial charge is 0.459 e. The van der Waals surface area contributed by atoms with E-state index >= 15 is 0 Å². The first-order valence-electron chi connectivity index (χ1n) is 12.6. The SMILES string of the molecule is CNc1nc(N)nc2c1ncn2[C@@H]1O[C@H](CO[P@](=O)(NC(C)C(=O)OC(C)C)Oc2ccccc2)[C@@H](O)[C@@H]1CF. The van der Waals surface area contributed by atoms with Crippen LogP contribution in [0.3, 0.4) is 0 Å². The van der Waals surface area contributed by atoms with E-state index in [4.69, 9.17) is 24.3 Å². The number of para-hydroxylation sites is 1. The van der Waals surface area contributed by atoms with E-state index in [9.17, 15) is 18.9 Å². The first-order chi connectivity index (χ1) is 19.0. The molecule has 1 unspecified atom stereocenters. The Morgan fingerprint density at radius 2 is 2.00 bits per heavy atom. The fraction of sp³-hybridized carbons (Fsp3) is 0.500. The average molecular weight is 582 g/mol. The largest absolute Gasteiger partial charge is 0.462 e. The number of ether oxygens (including phenoxy) is 2. The van der Waals surface area contributed by atoms with Crippen LogP contribution in [0.25, 0.3) is 11.2 Å². The van der Waals surface area contributed by atoms with Crippen LogP contribution < -0.4 is 20.7 Å². The number of nitrogens with zero attached hydrogens (tertiary/aromatic N) is 4. The molecule has 3 aromatic rings. The highest BCUT2D eigenvalue weighted by molar-refractivity contribution is 7.52. The first-order valence-corrected chi connectivity index (χ1v) is 14.1. The van der Waals surface area contributed by atoms with Crippen molar-refractivity contribution in [1.29, 1.82) is 0 Å². The van der Waals surface area contributed by atoms with Crippen LogP contribution in [0, 0.1) is 5.92 Å². The lowest BCUT2D eigenvalue weighted by Gasteiger charge is -2.25. The third-order valence-corrected chi connectivity index (χ3v) is 7.71. The van der Waals surface area contributed by atoms with Crippen LogP contribution in [0.4, 0.5) is 16.2 Å². The standard InChI is InChI=1S/C24H33FN7O7P/c1-13(2)37-23(34)14(3)31-40(35,39-15-8-6-5-7-9-15)36-11-17-19(33)16(10-25)22(38-17)32-12-28-18-20(27-4)29-24(26)30-21(18)32/h5-9,12-14,16-17,19,22,33H,10-11H2,1-4H3,(H,31,35)(H3,26,27,29,30)/t14?,16-,17+,19-,22+,40+/m0/s1. The van der Waals surface area contributed by atoms with Gasteiger partial charge in [-0.15, -0.1) is 0 Å². The lowest BCUT2D eigenvalue weighted by Crippen LogP contribution is -2.37. The van der Waals surface area contributed by atoms with Crippen LogP contribution in [0.1, 0.15) is 27.0 Å². The quantitative estimate of drug-likeness (QED) is 0.181. The van der Waals surface area contributed by atoms with Gasteiger partial charge in [0.15, 0.2) is 17.0 Å². The molecule has 0 saturated carbocycles. The highest BCUT2D eigenvalue weighted by Gasteiger charge is 2.47. The fourth-order valence-electron chi connectivity index (χ4n) is 4.18. The number of esters is 1. The van der Waals surface area contributed by atoms with Crippen LogP contribution in [0.2, 0.25) is 0 Å². The third-order valence-electron chi connectivity index (χ3n) is 6.06. The Labute approximate surface area is 230 Å².